The van der Waals surface area contributed by atoms with E-state index in [1.807, 2.05) is 0 Å². The predicted molar refractivity (Wildman–Crippen MR) is 154 cm³/mol. The number of aliphatic hydroxyl groups is 1. The Morgan fingerprint density at radius 2 is 1.56 bits per heavy atom. The van der Waals surface area contributed by atoms with Gasteiger partial charge in [0.25, 0.3) is 0 Å². The number of hydrogen-bond donors (Lipinski definition) is 1. The molecule has 2 aliphatic carbocycles. The number of fused-ring (bicyclic) bond motifs is 4. The number of alkyl halides is 2. The highest BCUT2D eigenvalue weighted by Crippen LogP contribution is 2.64. The lowest BCUT2D eigenvalue weighted by atomic mass is 9.59. The minimum absolute atomic E-state index is 0.0232. The standard InChI is InChI=1S/C28H21Cl4N3O6/c29-21-22(30)24(38)28(32)20(17-8-4-5-9-19(17)41-13-12-36)16-10-11-33-25(39)34(15-6-2-1-3-7-15)26(40)35(33)18(16)14-27(28,31)23(21)37/h1-10,18,20,36H,11-14H2. The average molecular weight is 637 g/mol. The topological polar surface area (TPSA) is 113 Å². The molecule has 4 atom stereocenters. The lowest BCUT2D eigenvalue weighted by molar-refractivity contribution is -0.128. The molecule has 0 amide bonds. The fourth-order valence-corrected chi connectivity index (χ4v) is 7.63. The number of rotatable bonds is 5. The summed E-state index contributed by atoms with van der Waals surface area (Å²) in [7, 11) is 0. The van der Waals surface area contributed by atoms with Crippen molar-refractivity contribution in [2.45, 2.75) is 34.7 Å². The van der Waals surface area contributed by atoms with E-state index in [0.717, 1.165) is 4.57 Å². The zero-order valence-corrected chi connectivity index (χ0v) is 24.1. The number of carbonyl (C=O) groups excluding carboxylic acids is 2. The van der Waals surface area contributed by atoms with Gasteiger partial charge in [0, 0.05) is 17.9 Å². The summed E-state index contributed by atoms with van der Waals surface area (Å²) < 4.78 is 9.33. The Labute approximate surface area is 252 Å². The molecule has 2 heterocycles. The molecule has 1 saturated carbocycles. The summed E-state index contributed by atoms with van der Waals surface area (Å²) in [6.45, 7) is -0.373. The quantitative estimate of drug-likeness (QED) is 0.338. The van der Waals surface area contributed by atoms with Gasteiger partial charge < -0.3 is 9.84 Å². The number of carbonyl (C=O) groups is 2. The summed E-state index contributed by atoms with van der Waals surface area (Å²) in [5.41, 5.74) is -0.0169. The third kappa shape index (κ3) is 3.79. The molecule has 1 aliphatic heterocycles. The second-order valence-electron chi connectivity index (χ2n) is 9.93. The van der Waals surface area contributed by atoms with Gasteiger partial charge in [0.05, 0.1) is 24.9 Å². The second kappa shape index (κ2) is 10.0. The molecule has 0 spiro atoms. The van der Waals surface area contributed by atoms with Gasteiger partial charge in [-0.25, -0.2) is 23.5 Å². The minimum atomic E-state index is -2.17. The first-order valence-corrected chi connectivity index (χ1v) is 14.1. The van der Waals surface area contributed by atoms with Gasteiger partial charge in [-0.15, -0.1) is 23.2 Å². The lowest BCUT2D eigenvalue weighted by Crippen LogP contribution is -2.67. The van der Waals surface area contributed by atoms with E-state index in [2.05, 4.69) is 0 Å². The van der Waals surface area contributed by atoms with E-state index in [-0.39, 0.29) is 31.9 Å². The van der Waals surface area contributed by atoms with Crippen molar-refractivity contribution in [2.75, 3.05) is 13.2 Å². The van der Waals surface area contributed by atoms with E-state index >= 15 is 0 Å². The Balaban J connectivity index is 1.64. The molecule has 13 heteroatoms. The Hall–Kier alpha value is -3.08. The van der Waals surface area contributed by atoms with Crippen LogP contribution < -0.4 is 16.1 Å². The number of para-hydroxylation sites is 2. The van der Waals surface area contributed by atoms with Crippen LogP contribution in [-0.4, -0.2) is 53.6 Å². The van der Waals surface area contributed by atoms with E-state index in [1.54, 1.807) is 60.7 Å². The van der Waals surface area contributed by atoms with E-state index in [9.17, 15) is 24.3 Å². The molecule has 6 rings (SSSR count). The van der Waals surface area contributed by atoms with Crippen molar-refractivity contribution in [2.24, 2.45) is 0 Å². The van der Waals surface area contributed by atoms with Gasteiger partial charge in [-0.3, -0.25) is 9.59 Å². The van der Waals surface area contributed by atoms with Crippen LogP contribution in [0.5, 0.6) is 5.75 Å². The Bertz CT molecular complexity index is 1790. The van der Waals surface area contributed by atoms with E-state index in [0.29, 0.717) is 16.8 Å². The maximum Gasteiger partial charge on any atom is 0.352 e. The number of nitrogens with zero attached hydrogens (tertiary/aromatic N) is 3. The zero-order valence-electron chi connectivity index (χ0n) is 21.1. The highest BCUT2D eigenvalue weighted by molar-refractivity contribution is 6.66. The van der Waals surface area contributed by atoms with Gasteiger partial charge in [-0.05, 0) is 23.8 Å². The van der Waals surface area contributed by atoms with Crippen LogP contribution in [0.1, 0.15) is 23.9 Å². The van der Waals surface area contributed by atoms with Gasteiger partial charge in [0.2, 0.25) is 0 Å². The molecule has 4 unspecified atom stereocenters. The largest absolute Gasteiger partial charge is 0.491 e. The van der Waals surface area contributed by atoms with E-state index in [1.165, 1.54) is 9.36 Å². The molecule has 3 aromatic rings. The second-order valence-corrected chi connectivity index (χ2v) is 11.9. The third-order valence-electron chi connectivity index (χ3n) is 7.90. The highest BCUT2D eigenvalue weighted by atomic mass is 35.5. The van der Waals surface area contributed by atoms with Crippen molar-refractivity contribution in [3.8, 4) is 11.4 Å². The van der Waals surface area contributed by atoms with Crippen LogP contribution in [-0.2, 0) is 16.1 Å². The molecule has 0 saturated heterocycles. The molecule has 9 nitrogen and oxygen atoms in total. The molecule has 0 radical (unpaired) electrons. The van der Waals surface area contributed by atoms with Gasteiger partial charge in [0.1, 0.15) is 32.2 Å². The number of ether oxygens (including phenoxy) is 1. The first-order chi connectivity index (χ1) is 19.6. The van der Waals surface area contributed by atoms with Crippen molar-refractivity contribution in [3.63, 3.8) is 0 Å². The number of aromatic nitrogens is 3. The smallest absolute Gasteiger partial charge is 0.352 e. The predicted octanol–water partition coefficient (Wildman–Crippen LogP) is 3.64. The number of allylic oxidation sites excluding steroid dienone is 4. The fraction of sp³-hybridized carbons (Fsp3) is 0.286. The van der Waals surface area contributed by atoms with Crippen molar-refractivity contribution in [3.05, 3.63) is 103 Å². The van der Waals surface area contributed by atoms with Crippen LogP contribution in [0.2, 0.25) is 0 Å². The number of halogens is 4. The molecular weight excluding hydrogens is 616 g/mol. The van der Waals surface area contributed by atoms with Crippen LogP contribution in [0, 0.1) is 0 Å². The summed E-state index contributed by atoms with van der Waals surface area (Å²) in [4.78, 5) is 50.7. The molecule has 212 valence electrons. The maximum atomic E-state index is 13.9. The first-order valence-electron chi connectivity index (χ1n) is 12.6. The molecule has 1 aromatic heterocycles. The van der Waals surface area contributed by atoms with Crippen LogP contribution >= 0.6 is 46.4 Å². The van der Waals surface area contributed by atoms with Crippen molar-refractivity contribution in [1.82, 2.24) is 13.9 Å². The lowest BCUT2D eigenvalue weighted by Gasteiger charge is -2.54. The van der Waals surface area contributed by atoms with E-state index in [4.69, 9.17) is 51.1 Å². The summed E-state index contributed by atoms with van der Waals surface area (Å²) in [6.07, 6.45) is 1.38. The van der Waals surface area contributed by atoms with Crippen LogP contribution in [0.4, 0.5) is 0 Å². The SMILES string of the molecule is O=C1C(Cl)=C(Cl)C(=O)C2(Cl)C(c3ccccc3OCCO)C3=CCn4c(=O)n(-c5ccccc5)c(=O)n4C3CC12Cl. The number of benzene rings is 2. The van der Waals surface area contributed by atoms with Crippen LogP contribution in [0.15, 0.2) is 85.9 Å². The summed E-state index contributed by atoms with van der Waals surface area (Å²) in [6, 6.07) is 14.1. The summed E-state index contributed by atoms with van der Waals surface area (Å²) in [5.74, 6) is -2.57. The number of ketones is 2. The van der Waals surface area contributed by atoms with Crippen molar-refractivity contribution in [1.29, 1.82) is 0 Å². The van der Waals surface area contributed by atoms with Gasteiger partial charge in [-0.1, -0.05) is 65.7 Å². The van der Waals surface area contributed by atoms with Crippen molar-refractivity contribution >= 4 is 58.0 Å². The molecule has 3 aliphatic rings. The van der Waals surface area contributed by atoms with Crippen LogP contribution in [0.25, 0.3) is 5.69 Å². The minimum Gasteiger partial charge on any atom is -0.491 e. The van der Waals surface area contributed by atoms with Crippen LogP contribution in [0.3, 0.4) is 0 Å². The third-order valence-corrected chi connectivity index (χ3v) is 10.1. The van der Waals surface area contributed by atoms with Crippen molar-refractivity contribution < 1.29 is 19.4 Å². The molecule has 41 heavy (non-hydrogen) atoms. The molecule has 1 fully saturated rings. The Morgan fingerprint density at radius 3 is 2.27 bits per heavy atom. The highest BCUT2D eigenvalue weighted by Gasteiger charge is 2.71. The first kappa shape index (κ1) is 28.1. The average Bonchev–Trinajstić information content (AvgIpc) is 3.24. The zero-order chi connectivity index (χ0) is 29.3. The molecule has 1 N–H and O–H groups in total. The van der Waals surface area contributed by atoms with Gasteiger partial charge >= 0.3 is 11.4 Å². The summed E-state index contributed by atoms with van der Waals surface area (Å²) in [5, 5.41) is 8.31. The van der Waals surface area contributed by atoms with E-state index < -0.39 is 54.7 Å². The molecular formula is C28H21Cl4N3O6. The molecule has 2 aromatic carbocycles. The number of aliphatic hydroxyl groups excluding tert-OH is 1. The fourth-order valence-electron chi connectivity index (χ4n) is 6.12. The summed E-state index contributed by atoms with van der Waals surface area (Å²) >= 11 is 26.9. The van der Waals surface area contributed by atoms with Gasteiger partial charge in [0.15, 0.2) is 11.6 Å². The monoisotopic (exact) mass is 635 g/mol. The Morgan fingerprint density at radius 1 is 0.902 bits per heavy atom. The van der Waals surface area contributed by atoms with Gasteiger partial charge in [-0.2, -0.15) is 0 Å². The maximum absolute atomic E-state index is 13.9. The number of Topliss-reactive ketones (excluding diaryl/α,β-unsaturated/α-hetero) is 2. The number of hydrogen-bond acceptors (Lipinski definition) is 6. The normalized spacial score (nSPS) is 27.2. The Kier molecular flexibility index (Phi) is 6.86. The molecule has 0 bridgehead atoms.